The molecule has 0 spiro atoms. The predicted octanol–water partition coefficient (Wildman–Crippen LogP) is 3.77. The molecule has 1 unspecified atom stereocenters. The largest absolute Gasteiger partial charge is 0.497 e. The lowest BCUT2D eigenvalue weighted by molar-refractivity contribution is -0.114. The number of carbonyl (C=O) groups is 1. The number of methoxy groups -OCH3 is 1. The number of anilines is 2. The lowest BCUT2D eigenvalue weighted by atomic mass is 10.0. The van der Waals surface area contributed by atoms with E-state index in [9.17, 15) is 4.79 Å². The van der Waals surface area contributed by atoms with Crippen molar-refractivity contribution in [3.63, 3.8) is 0 Å². The van der Waals surface area contributed by atoms with Crippen LogP contribution >= 0.6 is 0 Å². The maximum atomic E-state index is 13.0. The topological polar surface area (TPSA) is 85.2 Å². The second-order valence-electron chi connectivity index (χ2n) is 7.56. The van der Waals surface area contributed by atoms with Crippen LogP contribution in [-0.2, 0) is 4.79 Å². The summed E-state index contributed by atoms with van der Waals surface area (Å²) < 4.78 is 6.99. The summed E-state index contributed by atoms with van der Waals surface area (Å²) >= 11 is 0. The first-order valence-electron chi connectivity index (χ1n) is 10.5. The Balaban J connectivity index is 1.50. The highest BCUT2D eigenvalue weighted by atomic mass is 16.5. The lowest BCUT2D eigenvalue weighted by Gasteiger charge is -2.32. The number of hydrogen-bond donors (Lipinski definition) is 1. The van der Waals surface area contributed by atoms with Crippen molar-refractivity contribution in [2.24, 2.45) is 0 Å². The molecule has 0 saturated carbocycles. The summed E-state index contributed by atoms with van der Waals surface area (Å²) in [5, 5.41) is 15.3. The first kappa shape index (κ1) is 20.4. The molecule has 3 aromatic carbocycles. The van der Waals surface area contributed by atoms with E-state index in [1.165, 1.54) is 0 Å². The maximum absolute atomic E-state index is 13.0. The number of nitrogens with one attached hydrogen (secondary N) is 1. The van der Waals surface area contributed by atoms with E-state index in [-0.39, 0.29) is 18.5 Å². The Morgan fingerprint density at radius 1 is 1.00 bits per heavy atom. The molecule has 1 aliphatic rings. The zero-order valence-corrected chi connectivity index (χ0v) is 18.0. The smallest absolute Gasteiger partial charge is 0.251 e. The molecule has 1 atom stereocenters. The van der Waals surface area contributed by atoms with Gasteiger partial charge in [0.25, 0.3) is 5.95 Å². The second kappa shape index (κ2) is 8.96. The molecule has 0 radical (unpaired) electrons. The van der Waals surface area contributed by atoms with E-state index < -0.39 is 0 Å². The molecule has 2 heterocycles. The molecule has 33 heavy (non-hydrogen) atoms. The Morgan fingerprint density at radius 3 is 2.52 bits per heavy atom. The fraction of sp³-hybridized carbons (Fsp3) is 0.120. The Morgan fingerprint density at radius 2 is 1.76 bits per heavy atom. The molecule has 1 aliphatic heterocycles. The van der Waals surface area contributed by atoms with Gasteiger partial charge in [-0.1, -0.05) is 71.8 Å². The van der Waals surface area contributed by atoms with Crippen molar-refractivity contribution in [3.8, 4) is 5.75 Å². The summed E-state index contributed by atoms with van der Waals surface area (Å²) in [6.07, 6.45) is 2.09. The summed E-state index contributed by atoms with van der Waals surface area (Å²) in [6.45, 7) is 0.0415. The molecule has 8 nitrogen and oxygen atoms in total. The summed E-state index contributed by atoms with van der Waals surface area (Å²) in [7, 11) is 1.59. The average molecular weight is 438 g/mol. The Bertz CT molecular complexity index is 1290. The van der Waals surface area contributed by atoms with E-state index in [1.807, 2.05) is 83.8 Å². The van der Waals surface area contributed by atoms with Crippen molar-refractivity contribution in [2.75, 3.05) is 23.9 Å². The molecule has 0 saturated heterocycles. The molecule has 0 aliphatic carbocycles. The van der Waals surface area contributed by atoms with Crippen molar-refractivity contribution >= 4 is 23.2 Å². The predicted molar refractivity (Wildman–Crippen MR) is 126 cm³/mol. The third-order valence-electron chi connectivity index (χ3n) is 5.45. The molecular formula is C25H22N6O2. The molecule has 164 valence electrons. The zero-order valence-electron chi connectivity index (χ0n) is 18.0. The number of benzene rings is 3. The van der Waals surface area contributed by atoms with Crippen LogP contribution in [0.2, 0.25) is 0 Å². The number of tetrazole rings is 1. The molecule has 1 amide bonds. The van der Waals surface area contributed by atoms with Gasteiger partial charge in [-0.15, -0.1) is 0 Å². The summed E-state index contributed by atoms with van der Waals surface area (Å²) in [4.78, 5) is 14.9. The Hall–Kier alpha value is -4.46. The SMILES string of the molecule is COc1cccc(NC(=O)CN2C(c3ccccc3)=CC(c3ccccc3)n3nnnc32)c1. The minimum absolute atomic E-state index is 0.0415. The number of rotatable bonds is 6. The Kier molecular flexibility index (Phi) is 5.55. The van der Waals surface area contributed by atoms with Crippen molar-refractivity contribution in [2.45, 2.75) is 6.04 Å². The van der Waals surface area contributed by atoms with Crippen molar-refractivity contribution in [1.29, 1.82) is 0 Å². The number of nitrogens with zero attached hydrogens (tertiary/aromatic N) is 5. The van der Waals surface area contributed by atoms with Crippen LogP contribution in [0.1, 0.15) is 17.2 Å². The number of aromatic nitrogens is 4. The van der Waals surface area contributed by atoms with Crippen molar-refractivity contribution in [3.05, 3.63) is 102 Å². The van der Waals surface area contributed by atoms with Gasteiger partial charge in [0.15, 0.2) is 0 Å². The normalized spacial score (nSPS) is 14.9. The fourth-order valence-corrected chi connectivity index (χ4v) is 3.91. The van der Waals surface area contributed by atoms with Gasteiger partial charge in [0.1, 0.15) is 18.3 Å². The average Bonchev–Trinajstić information content (AvgIpc) is 3.35. The minimum atomic E-state index is -0.196. The molecule has 4 aromatic rings. The van der Waals surface area contributed by atoms with Gasteiger partial charge in [-0.25, -0.2) is 0 Å². The van der Waals surface area contributed by atoms with Gasteiger partial charge in [0.05, 0.1) is 12.8 Å². The molecule has 0 bridgehead atoms. The van der Waals surface area contributed by atoms with Gasteiger partial charge in [-0.3, -0.25) is 9.69 Å². The number of amides is 1. The minimum Gasteiger partial charge on any atom is -0.497 e. The monoisotopic (exact) mass is 438 g/mol. The van der Waals surface area contributed by atoms with Crippen LogP contribution in [0.15, 0.2) is 91.0 Å². The van der Waals surface area contributed by atoms with Crippen LogP contribution in [0.4, 0.5) is 11.6 Å². The number of ether oxygens (including phenoxy) is 1. The van der Waals surface area contributed by atoms with E-state index in [0.717, 1.165) is 16.8 Å². The fourth-order valence-electron chi connectivity index (χ4n) is 3.91. The molecule has 8 heteroatoms. The summed E-state index contributed by atoms with van der Waals surface area (Å²) in [5.41, 5.74) is 3.55. The van der Waals surface area contributed by atoms with Crippen LogP contribution in [0, 0.1) is 0 Å². The van der Waals surface area contributed by atoms with Gasteiger partial charge in [-0.05, 0) is 39.8 Å². The summed E-state index contributed by atoms with van der Waals surface area (Å²) in [5.74, 6) is 0.981. The van der Waals surface area contributed by atoms with E-state index >= 15 is 0 Å². The Labute approximate surface area is 191 Å². The highest BCUT2D eigenvalue weighted by Crippen LogP contribution is 2.36. The first-order valence-corrected chi connectivity index (χ1v) is 10.5. The van der Waals surface area contributed by atoms with E-state index in [4.69, 9.17) is 4.74 Å². The van der Waals surface area contributed by atoms with E-state index in [2.05, 4.69) is 26.9 Å². The van der Waals surface area contributed by atoms with Crippen LogP contribution < -0.4 is 15.0 Å². The summed E-state index contributed by atoms with van der Waals surface area (Å²) in [6, 6.07) is 27.0. The highest BCUT2D eigenvalue weighted by molar-refractivity contribution is 5.97. The standard InChI is InChI=1S/C25H22N6O2/c1-33-21-14-8-13-20(15-21)26-24(32)17-30-22(18-9-4-2-5-10-18)16-23(19-11-6-3-7-12-19)31-25(30)27-28-29-31/h2-16,23H,17H2,1H3,(H,26,32). The first-order chi connectivity index (χ1) is 16.2. The zero-order chi connectivity index (χ0) is 22.6. The third-order valence-corrected chi connectivity index (χ3v) is 5.45. The van der Waals surface area contributed by atoms with Gasteiger partial charge in [0.2, 0.25) is 5.91 Å². The molecule has 5 rings (SSSR count). The highest BCUT2D eigenvalue weighted by Gasteiger charge is 2.31. The second-order valence-corrected chi connectivity index (χ2v) is 7.56. The molecule has 0 fully saturated rings. The number of fused-ring (bicyclic) bond motifs is 1. The maximum Gasteiger partial charge on any atom is 0.251 e. The van der Waals surface area contributed by atoms with Crippen LogP contribution in [0.5, 0.6) is 5.75 Å². The van der Waals surface area contributed by atoms with E-state index in [1.54, 1.807) is 17.9 Å². The number of allylic oxidation sites excluding steroid dienone is 1. The molecule has 1 N–H and O–H groups in total. The van der Waals surface area contributed by atoms with Gasteiger partial charge < -0.3 is 10.1 Å². The van der Waals surface area contributed by atoms with Crippen molar-refractivity contribution < 1.29 is 9.53 Å². The number of carbonyl (C=O) groups excluding carboxylic acids is 1. The van der Waals surface area contributed by atoms with Gasteiger partial charge in [-0.2, -0.15) is 4.68 Å². The van der Waals surface area contributed by atoms with Crippen LogP contribution in [0.3, 0.4) is 0 Å². The molecular weight excluding hydrogens is 416 g/mol. The number of hydrogen-bond acceptors (Lipinski definition) is 6. The van der Waals surface area contributed by atoms with Gasteiger partial charge in [0, 0.05) is 11.8 Å². The lowest BCUT2D eigenvalue weighted by Crippen LogP contribution is -2.37. The van der Waals surface area contributed by atoms with Gasteiger partial charge >= 0.3 is 0 Å². The van der Waals surface area contributed by atoms with Crippen LogP contribution in [-0.4, -0.2) is 39.8 Å². The van der Waals surface area contributed by atoms with E-state index in [0.29, 0.717) is 17.4 Å². The quantitative estimate of drug-likeness (QED) is 0.493. The molecule has 1 aromatic heterocycles. The van der Waals surface area contributed by atoms with Crippen molar-refractivity contribution in [1.82, 2.24) is 20.2 Å². The van der Waals surface area contributed by atoms with Crippen LogP contribution in [0.25, 0.3) is 5.70 Å². The third kappa shape index (κ3) is 4.18.